The number of ether oxygens (including phenoxy) is 2. The number of thiophene rings is 1. The first-order valence-electron chi connectivity index (χ1n) is 5.42. The Kier molecular flexibility index (Phi) is 2.01. The molecule has 1 aromatic carbocycles. The molecule has 0 saturated heterocycles. The molecule has 0 saturated carbocycles. The van der Waals surface area contributed by atoms with E-state index in [4.69, 9.17) is 9.47 Å². The molecule has 0 atom stereocenters. The molecular formula is C13H7N2O2S. The van der Waals surface area contributed by atoms with Crippen LogP contribution in [0.15, 0.2) is 29.9 Å². The van der Waals surface area contributed by atoms with Gasteiger partial charge in [0.15, 0.2) is 11.5 Å². The molecule has 87 valence electrons. The molecule has 2 aromatic heterocycles. The van der Waals surface area contributed by atoms with Crippen LogP contribution in [0, 0.1) is 6.20 Å². The Hall–Kier alpha value is -2.14. The molecule has 18 heavy (non-hydrogen) atoms. The van der Waals surface area contributed by atoms with Crippen LogP contribution in [0.4, 0.5) is 0 Å². The number of fused-ring (bicyclic) bond motifs is 2. The molecule has 1 radical (unpaired) electrons. The highest BCUT2D eigenvalue weighted by molar-refractivity contribution is 7.17. The van der Waals surface area contributed by atoms with Crippen molar-refractivity contribution in [2.75, 3.05) is 6.79 Å². The number of hydrogen-bond donors (Lipinski definition) is 0. The largest absolute Gasteiger partial charge is 0.454 e. The maximum Gasteiger partial charge on any atom is 0.231 e. The van der Waals surface area contributed by atoms with Crippen LogP contribution in [0.2, 0.25) is 0 Å². The number of hydrogen-bond acceptors (Lipinski definition) is 5. The van der Waals surface area contributed by atoms with Crippen LogP contribution >= 0.6 is 11.3 Å². The number of aromatic nitrogens is 2. The predicted molar refractivity (Wildman–Crippen MR) is 67.8 cm³/mol. The Bertz CT molecular complexity index is 739. The smallest absolute Gasteiger partial charge is 0.231 e. The van der Waals surface area contributed by atoms with Gasteiger partial charge in [-0.1, -0.05) is 6.07 Å². The van der Waals surface area contributed by atoms with Gasteiger partial charge in [-0.25, -0.2) is 9.97 Å². The van der Waals surface area contributed by atoms with Crippen molar-refractivity contribution >= 4 is 21.6 Å². The average Bonchev–Trinajstić information content (AvgIpc) is 3.04. The van der Waals surface area contributed by atoms with Crippen molar-refractivity contribution in [1.82, 2.24) is 9.97 Å². The summed E-state index contributed by atoms with van der Waals surface area (Å²) in [4.78, 5) is 9.12. The summed E-state index contributed by atoms with van der Waals surface area (Å²) in [6.45, 7) is 0.290. The molecule has 4 rings (SSSR count). The van der Waals surface area contributed by atoms with Crippen LogP contribution in [0.25, 0.3) is 21.3 Å². The fraction of sp³-hybridized carbons (Fsp3) is 0.0769. The summed E-state index contributed by atoms with van der Waals surface area (Å²) >= 11 is 1.59. The molecule has 0 aliphatic carbocycles. The molecule has 0 bridgehead atoms. The molecule has 3 heterocycles. The highest BCUT2D eigenvalue weighted by atomic mass is 32.1. The van der Waals surface area contributed by atoms with E-state index in [9.17, 15) is 0 Å². The Morgan fingerprint density at radius 3 is 3.17 bits per heavy atom. The monoisotopic (exact) mass is 255 g/mol. The van der Waals surface area contributed by atoms with Gasteiger partial charge in [-0.15, -0.1) is 11.3 Å². The van der Waals surface area contributed by atoms with Gasteiger partial charge in [0.25, 0.3) is 0 Å². The Labute approximate surface area is 107 Å². The Morgan fingerprint density at radius 2 is 2.17 bits per heavy atom. The van der Waals surface area contributed by atoms with E-state index >= 15 is 0 Å². The molecule has 3 aromatic rings. The minimum Gasteiger partial charge on any atom is -0.454 e. The van der Waals surface area contributed by atoms with Crippen LogP contribution < -0.4 is 9.47 Å². The van der Waals surface area contributed by atoms with Crippen molar-refractivity contribution < 1.29 is 9.47 Å². The maximum absolute atomic E-state index is 5.39. The normalized spacial score (nSPS) is 13.1. The van der Waals surface area contributed by atoms with Gasteiger partial charge in [0.05, 0.1) is 0 Å². The Morgan fingerprint density at radius 1 is 1.22 bits per heavy atom. The first-order chi connectivity index (χ1) is 8.92. The van der Waals surface area contributed by atoms with E-state index in [0.717, 1.165) is 32.8 Å². The highest BCUT2D eigenvalue weighted by Crippen LogP contribution is 2.39. The summed E-state index contributed by atoms with van der Waals surface area (Å²) in [7, 11) is 0. The van der Waals surface area contributed by atoms with Crippen molar-refractivity contribution in [1.29, 1.82) is 0 Å². The minimum absolute atomic E-state index is 0.290. The minimum atomic E-state index is 0.290. The topological polar surface area (TPSA) is 44.2 Å². The summed E-state index contributed by atoms with van der Waals surface area (Å²) in [6.07, 6.45) is 4.51. The van der Waals surface area contributed by atoms with Gasteiger partial charge in [0.1, 0.15) is 17.4 Å². The van der Waals surface area contributed by atoms with Crippen LogP contribution in [-0.2, 0) is 0 Å². The fourth-order valence-electron chi connectivity index (χ4n) is 2.00. The van der Waals surface area contributed by atoms with Crippen molar-refractivity contribution in [3.8, 4) is 22.6 Å². The van der Waals surface area contributed by atoms with Gasteiger partial charge in [-0.05, 0) is 17.7 Å². The van der Waals surface area contributed by atoms with E-state index in [1.807, 2.05) is 18.2 Å². The van der Waals surface area contributed by atoms with E-state index < -0.39 is 0 Å². The maximum atomic E-state index is 5.39. The summed E-state index contributed by atoms with van der Waals surface area (Å²) in [6, 6.07) is 5.91. The first-order valence-corrected chi connectivity index (χ1v) is 6.30. The molecule has 0 N–H and O–H groups in total. The van der Waals surface area contributed by atoms with Crippen LogP contribution in [0.3, 0.4) is 0 Å². The number of rotatable bonds is 1. The van der Waals surface area contributed by atoms with Gasteiger partial charge >= 0.3 is 0 Å². The summed E-state index contributed by atoms with van der Waals surface area (Å²) in [5.74, 6) is 1.57. The third-order valence-electron chi connectivity index (χ3n) is 2.86. The Balaban J connectivity index is 1.92. The zero-order valence-corrected chi connectivity index (χ0v) is 10.0. The lowest BCUT2D eigenvalue weighted by atomic mass is 10.1. The average molecular weight is 255 g/mol. The molecule has 0 spiro atoms. The molecule has 0 unspecified atom stereocenters. The zero-order valence-electron chi connectivity index (χ0n) is 9.21. The zero-order chi connectivity index (χ0) is 11.9. The second-order valence-electron chi connectivity index (χ2n) is 3.88. The van der Waals surface area contributed by atoms with Gasteiger partial charge in [0.2, 0.25) is 6.79 Å². The highest BCUT2D eigenvalue weighted by Gasteiger charge is 2.15. The molecule has 1 aliphatic rings. The lowest BCUT2D eigenvalue weighted by molar-refractivity contribution is 0.174. The molecule has 5 heteroatoms. The number of nitrogens with zero attached hydrogens (tertiary/aromatic N) is 2. The van der Waals surface area contributed by atoms with Gasteiger partial charge in [0, 0.05) is 16.3 Å². The van der Waals surface area contributed by atoms with Crippen molar-refractivity contribution in [3.63, 3.8) is 0 Å². The predicted octanol–water partition coefficient (Wildman–Crippen LogP) is 2.89. The second kappa shape index (κ2) is 3.68. The first kappa shape index (κ1) is 9.85. The molecule has 0 fully saturated rings. The molecular weight excluding hydrogens is 248 g/mol. The number of benzene rings is 1. The fourth-order valence-corrected chi connectivity index (χ4v) is 2.87. The van der Waals surface area contributed by atoms with Gasteiger partial charge in [-0.3, -0.25) is 0 Å². The van der Waals surface area contributed by atoms with E-state index in [1.165, 1.54) is 6.33 Å². The lowest BCUT2D eigenvalue weighted by Gasteiger charge is -2.01. The standard InChI is InChI=1S/C13H7N2O2S/c1-2-11-12(17-7-16-11)3-8(1)10-5-18-13-9(10)4-14-6-15-13/h1-3,5-6H,7H2. The second-order valence-corrected chi connectivity index (χ2v) is 4.74. The third-order valence-corrected chi connectivity index (χ3v) is 3.75. The lowest BCUT2D eigenvalue weighted by Crippen LogP contribution is -1.92. The van der Waals surface area contributed by atoms with Crippen molar-refractivity contribution in [2.45, 2.75) is 0 Å². The van der Waals surface area contributed by atoms with Gasteiger partial charge in [-0.2, -0.15) is 0 Å². The summed E-state index contributed by atoms with van der Waals surface area (Å²) in [5.41, 5.74) is 2.14. The third kappa shape index (κ3) is 1.37. The van der Waals surface area contributed by atoms with Crippen LogP contribution in [0.5, 0.6) is 11.5 Å². The van der Waals surface area contributed by atoms with E-state index in [-0.39, 0.29) is 0 Å². The quantitative estimate of drug-likeness (QED) is 0.670. The van der Waals surface area contributed by atoms with Crippen molar-refractivity contribution in [3.05, 3.63) is 36.1 Å². The molecule has 4 nitrogen and oxygen atoms in total. The van der Waals surface area contributed by atoms with E-state index in [2.05, 4.69) is 21.5 Å². The van der Waals surface area contributed by atoms with Crippen molar-refractivity contribution in [2.24, 2.45) is 0 Å². The van der Waals surface area contributed by atoms with E-state index in [1.54, 1.807) is 11.3 Å². The summed E-state index contributed by atoms with van der Waals surface area (Å²) < 4.78 is 10.7. The summed E-state index contributed by atoms with van der Waals surface area (Å²) in [5, 5.41) is 3.01. The molecule has 1 aliphatic heterocycles. The molecule has 0 amide bonds. The SMILES string of the molecule is [c]1ncnc2scc(-c3ccc4c(c3)OCO4)c12. The van der Waals surface area contributed by atoms with Gasteiger partial charge < -0.3 is 9.47 Å². The van der Waals surface area contributed by atoms with E-state index in [0.29, 0.717) is 6.79 Å². The van der Waals surface area contributed by atoms with Crippen LogP contribution in [-0.4, -0.2) is 16.8 Å². The van der Waals surface area contributed by atoms with Crippen LogP contribution in [0.1, 0.15) is 0 Å².